The van der Waals surface area contributed by atoms with E-state index in [2.05, 4.69) is 4.98 Å². The number of hydrogen-bond acceptors (Lipinski definition) is 2. The minimum atomic E-state index is -4.38. The molecule has 0 aliphatic heterocycles. The van der Waals surface area contributed by atoms with Crippen molar-refractivity contribution in [2.24, 2.45) is 0 Å². The summed E-state index contributed by atoms with van der Waals surface area (Å²) in [5.41, 5.74) is 1.49. The number of hydrogen-bond donors (Lipinski definition) is 1. The highest BCUT2D eigenvalue weighted by molar-refractivity contribution is 5.38. The fourth-order valence-electron chi connectivity index (χ4n) is 1.98. The van der Waals surface area contributed by atoms with Gasteiger partial charge in [0.1, 0.15) is 6.10 Å². The van der Waals surface area contributed by atoms with E-state index in [4.69, 9.17) is 0 Å². The third-order valence-electron chi connectivity index (χ3n) is 3.14. The van der Waals surface area contributed by atoms with Crippen molar-refractivity contribution in [3.63, 3.8) is 0 Å². The van der Waals surface area contributed by atoms with Gasteiger partial charge in [-0.1, -0.05) is 12.1 Å². The van der Waals surface area contributed by atoms with Crippen LogP contribution in [0.25, 0.3) is 0 Å². The first-order chi connectivity index (χ1) is 9.29. The largest absolute Gasteiger partial charge is 0.416 e. The fraction of sp³-hybridized carbons (Fsp3) is 0.267. The molecule has 0 bridgehead atoms. The highest BCUT2D eigenvalue weighted by Crippen LogP contribution is 2.32. The molecular formula is C15H14F3NO. The van der Waals surface area contributed by atoms with Crippen LogP contribution in [0.5, 0.6) is 0 Å². The molecule has 1 aromatic heterocycles. The van der Waals surface area contributed by atoms with Crippen LogP contribution in [0, 0.1) is 13.8 Å². The number of rotatable bonds is 2. The number of aryl methyl sites for hydroxylation is 2. The van der Waals surface area contributed by atoms with E-state index < -0.39 is 17.8 Å². The molecular weight excluding hydrogens is 267 g/mol. The van der Waals surface area contributed by atoms with Crippen molar-refractivity contribution >= 4 is 0 Å². The Bertz CT molecular complexity index is 606. The second kappa shape index (κ2) is 5.25. The molecule has 1 heterocycles. The van der Waals surface area contributed by atoms with Crippen molar-refractivity contribution in [1.82, 2.24) is 4.98 Å². The van der Waals surface area contributed by atoms with E-state index in [1.807, 2.05) is 6.92 Å². The van der Waals surface area contributed by atoms with Gasteiger partial charge in [-0.3, -0.25) is 4.98 Å². The second-order valence-corrected chi connectivity index (χ2v) is 4.70. The number of aromatic nitrogens is 1. The molecule has 2 nitrogen and oxygen atoms in total. The molecule has 2 aromatic rings. The lowest BCUT2D eigenvalue weighted by atomic mass is 9.96. The van der Waals surface area contributed by atoms with Gasteiger partial charge < -0.3 is 5.11 Å². The van der Waals surface area contributed by atoms with Gasteiger partial charge >= 0.3 is 6.18 Å². The van der Waals surface area contributed by atoms with Crippen molar-refractivity contribution < 1.29 is 18.3 Å². The van der Waals surface area contributed by atoms with Gasteiger partial charge in [0.05, 0.1) is 5.56 Å². The molecule has 0 saturated heterocycles. The lowest BCUT2D eigenvalue weighted by Gasteiger charge is -2.16. The molecule has 20 heavy (non-hydrogen) atoms. The van der Waals surface area contributed by atoms with Crippen molar-refractivity contribution in [3.8, 4) is 0 Å². The van der Waals surface area contributed by atoms with E-state index in [1.54, 1.807) is 19.1 Å². The van der Waals surface area contributed by atoms with Gasteiger partial charge in [0.2, 0.25) is 0 Å². The highest BCUT2D eigenvalue weighted by Gasteiger charge is 2.31. The first kappa shape index (κ1) is 14.5. The zero-order chi connectivity index (χ0) is 14.9. The van der Waals surface area contributed by atoms with E-state index in [9.17, 15) is 18.3 Å². The Morgan fingerprint density at radius 2 is 1.80 bits per heavy atom. The van der Waals surface area contributed by atoms with Crippen LogP contribution < -0.4 is 0 Å². The summed E-state index contributed by atoms with van der Waals surface area (Å²) in [4.78, 5) is 4.07. The zero-order valence-electron chi connectivity index (χ0n) is 11.1. The van der Waals surface area contributed by atoms with Crippen LogP contribution in [0.1, 0.15) is 34.1 Å². The van der Waals surface area contributed by atoms with Crippen LogP contribution in [0.3, 0.4) is 0 Å². The molecule has 0 saturated carbocycles. The van der Waals surface area contributed by atoms with Crippen molar-refractivity contribution in [3.05, 3.63) is 64.5 Å². The Morgan fingerprint density at radius 1 is 1.10 bits per heavy atom. The van der Waals surface area contributed by atoms with Crippen molar-refractivity contribution in [2.75, 3.05) is 0 Å². The normalized spacial score (nSPS) is 13.3. The quantitative estimate of drug-likeness (QED) is 0.908. The van der Waals surface area contributed by atoms with Gasteiger partial charge in [-0.15, -0.1) is 0 Å². The molecule has 2 rings (SSSR count). The number of nitrogens with zero attached hydrogens (tertiary/aromatic N) is 1. The van der Waals surface area contributed by atoms with Gasteiger partial charge in [0.15, 0.2) is 0 Å². The van der Waals surface area contributed by atoms with E-state index in [1.165, 1.54) is 12.3 Å². The molecule has 0 amide bonds. The summed E-state index contributed by atoms with van der Waals surface area (Å²) in [5.74, 6) is 0. The number of halogens is 3. The first-order valence-electron chi connectivity index (χ1n) is 6.07. The third kappa shape index (κ3) is 2.99. The van der Waals surface area contributed by atoms with Crippen LogP contribution in [0.4, 0.5) is 13.2 Å². The predicted octanol–water partition coefficient (Wildman–Crippen LogP) is 3.80. The minimum absolute atomic E-state index is 0.396. The number of alkyl halides is 3. The Labute approximate surface area is 114 Å². The molecule has 0 radical (unpaired) electrons. The highest BCUT2D eigenvalue weighted by atomic mass is 19.4. The minimum Gasteiger partial charge on any atom is -0.384 e. The Morgan fingerprint density at radius 3 is 2.30 bits per heavy atom. The SMILES string of the molecule is Cc1ccc(C(O)c2ccc(C(F)(F)F)cc2C)cn1. The predicted molar refractivity (Wildman–Crippen MR) is 69.2 cm³/mol. The summed E-state index contributed by atoms with van der Waals surface area (Å²) in [5, 5.41) is 10.2. The van der Waals surface area contributed by atoms with Crippen molar-refractivity contribution in [2.45, 2.75) is 26.1 Å². The summed E-state index contributed by atoms with van der Waals surface area (Å²) in [6.07, 6.45) is -3.83. The summed E-state index contributed by atoms with van der Waals surface area (Å²) in [6.45, 7) is 3.37. The maximum absolute atomic E-state index is 12.6. The van der Waals surface area contributed by atoms with Gasteiger partial charge in [-0.25, -0.2) is 0 Å². The molecule has 0 aliphatic carbocycles. The van der Waals surface area contributed by atoms with Gasteiger partial charge in [-0.05, 0) is 43.2 Å². The summed E-state index contributed by atoms with van der Waals surface area (Å²) in [7, 11) is 0. The van der Waals surface area contributed by atoms with Gasteiger partial charge in [0.25, 0.3) is 0 Å². The molecule has 0 fully saturated rings. The fourth-order valence-corrected chi connectivity index (χ4v) is 1.98. The monoisotopic (exact) mass is 281 g/mol. The standard InChI is InChI=1S/C15H14F3NO/c1-9-7-12(15(16,17)18)5-6-13(9)14(20)11-4-3-10(2)19-8-11/h3-8,14,20H,1-2H3. The zero-order valence-corrected chi connectivity index (χ0v) is 11.1. The molecule has 0 spiro atoms. The summed E-state index contributed by atoms with van der Waals surface area (Å²) < 4.78 is 37.8. The van der Waals surface area contributed by atoms with Crippen molar-refractivity contribution in [1.29, 1.82) is 0 Å². The van der Waals surface area contributed by atoms with Crippen LogP contribution in [0.2, 0.25) is 0 Å². The number of aliphatic hydroxyl groups excluding tert-OH is 1. The smallest absolute Gasteiger partial charge is 0.384 e. The number of benzene rings is 1. The second-order valence-electron chi connectivity index (χ2n) is 4.70. The number of pyridine rings is 1. The average molecular weight is 281 g/mol. The van der Waals surface area contributed by atoms with Gasteiger partial charge in [0, 0.05) is 17.5 Å². The number of aliphatic hydroxyl groups is 1. The molecule has 1 atom stereocenters. The van der Waals surface area contributed by atoms with E-state index >= 15 is 0 Å². The van der Waals surface area contributed by atoms with Crippen LogP contribution in [-0.2, 0) is 6.18 Å². The molecule has 5 heteroatoms. The average Bonchev–Trinajstić information content (AvgIpc) is 2.37. The lowest BCUT2D eigenvalue weighted by Crippen LogP contribution is -2.08. The molecule has 106 valence electrons. The Hall–Kier alpha value is -1.88. The van der Waals surface area contributed by atoms with Crippen LogP contribution in [-0.4, -0.2) is 10.1 Å². The third-order valence-corrected chi connectivity index (χ3v) is 3.14. The lowest BCUT2D eigenvalue weighted by molar-refractivity contribution is -0.137. The van der Waals surface area contributed by atoms with Gasteiger partial charge in [-0.2, -0.15) is 13.2 Å². The van der Waals surface area contributed by atoms with E-state index in [0.29, 0.717) is 16.7 Å². The van der Waals surface area contributed by atoms with Crippen LogP contribution in [0.15, 0.2) is 36.5 Å². The molecule has 1 unspecified atom stereocenters. The molecule has 0 aliphatic rings. The Balaban J connectivity index is 2.36. The first-order valence-corrected chi connectivity index (χ1v) is 6.07. The van der Waals surface area contributed by atoms with E-state index in [0.717, 1.165) is 17.8 Å². The Kier molecular flexibility index (Phi) is 3.81. The summed E-state index contributed by atoms with van der Waals surface area (Å²) >= 11 is 0. The van der Waals surface area contributed by atoms with E-state index in [-0.39, 0.29) is 0 Å². The maximum Gasteiger partial charge on any atom is 0.416 e. The van der Waals surface area contributed by atoms with Crippen LogP contribution >= 0.6 is 0 Å². The topological polar surface area (TPSA) is 33.1 Å². The maximum atomic E-state index is 12.6. The summed E-state index contributed by atoms with van der Waals surface area (Å²) in [6, 6.07) is 6.79. The molecule has 1 aromatic carbocycles. The molecule has 1 N–H and O–H groups in total.